The summed E-state index contributed by atoms with van der Waals surface area (Å²) < 4.78 is 13.9. The van der Waals surface area contributed by atoms with Gasteiger partial charge in [0.15, 0.2) is 0 Å². The highest BCUT2D eigenvalue weighted by Gasteiger charge is 2.42. The first-order valence-electron chi connectivity index (χ1n) is 6.92. The molecule has 3 nitrogen and oxygen atoms in total. The first-order valence-corrected chi connectivity index (χ1v) is 6.92. The topological polar surface area (TPSA) is 32.3 Å². The lowest BCUT2D eigenvalue weighted by Crippen LogP contribution is -2.45. The number of hydrogen-bond donors (Lipinski definition) is 1. The van der Waals surface area contributed by atoms with Crippen LogP contribution < -0.4 is 10.2 Å². The van der Waals surface area contributed by atoms with Gasteiger partial charge in [-0.15, -0.1) is 0 Å². The number of hydrogen-bond acceptors (Lipinski definition) is 2. The average molecular weight is 264 g/mol. The van der Waals surface area contributed by atoms with Crippen molar-refractivity contribution >= 4 is 11.6 Å². The van der Waals surface area contributed by atoms with Crippen LogP contribution in [0.25, 0.3) is 0 Å². The van der Waals surface area contributed by atoms with Gasteiger partial charge >= 0.3 is 0 Å². The predicted octanol–water partition coefficient (Wildman–Crippen LogP) is 2.57. The molecular formula is C15H21FN2O. The molecule has 1 aromatic carbocycles. The highest BCUT2D eigenvalue weighted by atomic mass is 19.1. The molecule has 0 spiro atoms. The number of amides is 1. The minimum Gasteiger partial charge on any atom is -0.316 e. The Bertz CT molecular complexity index is 455. The van der Waals surface area contributed by atoms with Crippen molar-refractivity contribution in [3.63, 3.8) is 0 Å². The molecule has 104 valence electrons. The fourth-order valence-electron chi connectivity index (χ4n) is 2.76. The lowest BCUT2D eigenvalue weighted by Gasteiger charge is -2.32. The lowest BCUT2D eigenvalue weighted by molar-refractivity contribution is -0.127. The molecule has 1 aliphatic rings. The molecule has 0 radical (unpaired) electrons. The van der Waals surface area contributed by atoms with Crippen LogP contribution in [0.4, 0.5) is 10.1 Å². The van der Waals surface area contributed by atoms with Gasteiger partial charge in [0.25, 0.3) is 0 Å². The molecule has 0 bridgehead atoms. The normalized spacial score (nSPS) is 22.5. The van der Waals surface area contributed by atoms with Crippen LogP contribution in [0, 0.1) is 11.2 Å². The van der Waals surface area contributed by atoms with Crippen LogP contribution in [0.2, 0.25) is 0 Å². The summed E-state index contributed by atoms with van der Waals surface area (Å²) >= 11 is 0. The summed E-state index contributed by atoms with van der Waals surface area (Å²) in [6, 6.07) is 6.48. The van der Waals surface area contributed by atoms with Crippen molar-refractivity contribution in [2.24, 2.45) is 5.41 Å². The largest absolute Gasteiger partial charge is 0.316 e. The van der Waals surface area contributed by atoms with Gasteiger partial charge in [0.05, 0.1) is 11.1 Å². The van der Waals surface area contributed by atoms with Crippen molar-refractivity contribution in [2.45, 2.75) is 26.7 Å². The smallest absolute Gasteiger partial charge is 0.234 e. The van der Waals surface area contributed by atoms with Crippen LogP contribution in [-0.2, 0) is 4.79 Å². The maximum Gasteiger partial charge on any atom is 0.234 e. The van der Waals surface area contributed by atoms with E-state index in [1.807, 2.05) is 13.8 Å². The zero-order valence-electron chi connectivity index (χ0n) is 11.6. The van der Waals surface area contributed by atoms with E-state index >= 15 is 0 Å². The molecule has 1 N–H and O–H groups in total. The molecule has 0 saturated carbocycles. The van der Waals surface area contributed by atoms with Crippen LogP contribution in [0.1, 0.15) is 26.7 Å². The Morgan fingerprint density at radius 1 is 1.42 bits per heavy atom. The lowest BCUT2D eigenvalue weighted by atomic mass is 9.82. The third kappa shape index (κ3) is 2.50. The second-order valence-corrected chi connectivity index (χ2v) is 5.06. The van der Waals surface area contributed by atoms with Gasteiger partial charge in [0, 0.05) is 13.1 Å². The Balaban J connectivity index is 2.32. The van der Waals surface area contributed by atoms with E-state index in [9.17, 15) is 9.18 Å². The van der Waals surface area contributed by atoms with Crippen LogP contribution in [0.15, 0.2) is 24.3 Å². The van der Waals surface area contributed by atoms with E-state index in [0.29, 0.717) is 18.8 Å². The molecule has 2 rings (SSSR count). The number of nitrogens with one attached hydrogen (secondary N) is 1. The van der Waals surface area contributed by atoms with Crippen molar-refractivity contribution < 1.29 is 9.18 Å². The number of halogens is 1. The molecule has 0 aromatic heterocycles. The molecule has 1 heterocycles. The summed E-state index contributed by atoms with van der Waals surface area (Å²) in [4.78, 5) is 14.4. The summed E-state index contributed by atoms with van der Waals surface area (Å²) in [6.45, 7) is 5.94. The van der Waals surface area contributed by atoms with Gasteiger partial charge in [-0.05, 0) is 38.4 Å². The van der Waals surface area contributed by atoms with Crippen LogP contribution in [0.3, 0.4) is 0 Å². The van der Waals surface area contributed by atoms with Crippen LogP contribution >= 0.6 is 0 Å². The second kappa shape index (κ2) is 5.70. The Morgan fingerprint density at radius 2 is 2.16 bits per heavy atom. The van der Waals surface area contributed by atoms with Gasteiger partial charge in [0.2, 0.25) is 5.91 Å². The summed E-state index contributed by atoms with van der Waals surface area (Å²) in [5.74, 6) is -0.303. The molecular weight excluding hydrogens is 243 g/mol. The van der Waals surface area contributed by atoms with E-state index in [1.54, 1.807) is 23.1 Å². The summed E-state index contributed by atoms with van der Waals surface area (Å²) in [6.07, 6.45) is 1.61. The van der Waals surface area contributed by atoms with Gasteiger partial charge in [0.1, 0.15) is 5.82 Å². The zero-order chi connectivity index (χ0) is 13.9. The number of carbonyl (C=O) groups excluding carboxylic acids is 1. The summed E-state index contributed by atoms with van der Waals surface area (Å²) in [5, 5.41) is 3.25. The quantitative estimate of drug-likeness (QED) is 0.906. The fourth-order valence-corrected chi connectivity index (χ4v) is 2.76. The molecule has 0 aliphatic carbocycles. The molecule has 19 heavy (non-hydrogen) atoms. The number of rotatable bonds is 4. The van der Waals surface area contributed by atoms with Crippen molar-refractivity contribution in [1.29, 1.82) is 0 Å². The van der Waals surface area contributed by atoms with Crippen LogP contribution in [0.5, 0.6) is 0 Å². The Hall–Kier alpha value is -1.42. The molecule has 1 amide bonds. The maximum absolute atomic E-state index is 13.9. The monoisotopic (exact) mass is 264 g/mol. The fraction of sp³-hybridized carbons (Fsp3) is 0.533. The first-order chi connectivity index (χ1) is 9.14. The van der Waals surface area contributed by atoms with E-state index in [-0.39, 0.29) is 17.1 Å². The highest BCUT2D eigenvalue weighted by molar-refractivity contribution is 5.98. The van der Waals surface area contributed by atoms with Gasteiger partial charge < -0.3 is 10.2 Å². The average Bonchev–Trinajstić information content (AvgIpc) is 2.91. The van der Waals surface area contributed by atoms with Gasteiger partial charge in [-0.3, -0.25) is 4.79 Å². The number of carbonyl (C=O) groups is 1. The van der Waals surface area contributed by atoms with Gasteiger partial charge in [-0.2, -0.15) is 0 Å². The van der Waals surface area contributed by atoms with Crippen molar-refractivity contribution in [2.75, 3.05) is 24.5 Å². The van der Waals surface area contributed by atoms with Crippen molar-refractivity contribution in [3.8, 4) is 0 Å². The molecule has 1 aliphatic heterocycles. The molecule has 1 aromatic rings. The minimum absolute atomic E-state index is 0.0348. The second-order valence-electron chi connectivity index (χ2n) is 5.06. The molecule has 1 fully saturated rings. The van der Waals surface area contributed by atoms with E-state index in [4.69, 9.17) is 0 Å². The van der Waals surface area contributed by atoms with Gasteiger partial charge in [-0.1, -0.05) is 19.1 Å². The SMILES string of the molecule is CCN(C(=O)C1(CC)CCNC1)c1ccccc1F. The van der Waals surface area contributed by atoms with E-state index in [0.717, 1.165) is 19.4 Å². The number of anilines is 1. The first kappa shape index (κ1) is 14.0. The minimum atomic E-state index is -0.377. The van der Waals surface area contributed by atoms with Crippen molar-refractivity contribution in [3.05, 3.63) is 30.1 Å². The molecule has 1 unspecified atom stereocenters. The van der Waals surface area contributed by atoms with E-state index in [1.165, 1.54) is 6.07 Å². The third-order valence-corrected chi connectivity index (χ3v) is 4.08. The molecule has 1 saturated heterocycles. The Morgan fingerprint density at radius 3 is 2.68 bits per heavy atom. The predicted molar refractivity (Wildman–Crippen MR) is 74.6 cm³/mol. The van der Waals surface area contributed by atoms with Gasteiger partial charge in [-0.25, -0.2) is 4.39 Å². The zero-order valence-corrected chi connectivity index (χ0v) is 11.6. The summed E-state index contributed by atoms with van der Waals surface area (Å²) in [7, 11) is 0. The number of benzene rings is 1. The number of para-hydroxylation sites is 1. The van der Waals surface area contributed by atoms with E-state index < -0.39 is 0 Å². The summed E-state index contributed by atoms with van der Waals surface area (Å²) in [5.41, 5.74) is 0.00731. The Labute approximate surface area is 113 Å². The maximum atomic E-state index is 13.9. The van der Waals surface area contributed by atoms with Crippen LogP contribution in [-0.4, -0.2) is 25.5 Å². The molecule has 4 heteroatoms. The molecule has 1 atom stereocenters. The van der Waals surface area contributed by atoms with Crippen molar-refractivity contribution in [1.82, 2.24) is 5.32 Å². The highest BCUT2D eigenvalue weighted by Crippen LogP contribution is 2.34. The Kier molecular flexibility index (Phi) is 4.20. The number of nitrogens with zero attached hydrogens (tertiary/aromatic N) is 1. The standard InChI is InChI=1S/C15H21FN2O/c1-3-15(9-10-17-11-15)14(19)18(4-2)13-8-6-5-7-12(13)16/h5-8,17H,3-4,9-11H2,1-2H3. The third-order valence-electron chi connectivity index (χ3n) is 4.08. The van der Waals surface area contributed by atoms with E-state index in [2.05, 4.69) is 5.32 Å².